The van der Waals surface area contributed by atoms with Crippen molar-refractivity contribution in [1.82, 2.24) is 10.3 Å². The number of carbonyl (C=O) groups excluding carboxylic acids is 1. The van der Waals surface area contributed by atoms with E-state index >= 15 is 0 Å². The van der Waals surface area contributed by atoms with E-state index in [4.69, 9.17) is 5.73 Å². The first-order chi connectivity index (χ1) is 11.2. The number of hydrogen-bond acceptors (Lipinski definition) is 4. The predicted octanol–water partition coefficient (Wildman–Crippen LogP) is 4.24. The molecule has 0 saturated heterocycles. The molecule has 3 N–H and O–H groups in total. The number of hydrogen-bond donors (Lipinski definition) is 2. The highest BCUT2D eigenvalue weighted by atomic mass is 35.5. The highest BCUT2D eigenvalue weighted by molar-refractivity contribution is 7.18. The largest absolute Gasteiger partial charge is 0.353 e. The summed E-state index contributed by atoms with van der Waals surface area (Å²) >= 11 is 1.76. The molecule has 1 aromatic heterocycles. The average molecular weight is 404 g/mol. The van der Waals surface area contributed by atoms with Gasteiger partial charge in [0.15, 0.2) is 0 Å². The van der Waals surface area contributed by atoms with Crippen LogP contribution in [0.4, 0.5) is 0 Å². The Bertz CT molecular complexity index is 624. The van der Waals surface area contributed by atoms with E-state index in [1.807, 2.05) is 12.1 Å². The minimum absolute atomic E-state index is 0. The van der Waals surface area contributed by atoms with Crippen LogP contribution in [0.3, 0.4) is 0 Å². The number of para-hydroxylation sites is 1. The Morgan fingerprint density at radius 2 is 1.88 bits per heavy atom. The SMILES string of the molecule is Cl.Cl.NC1CCC(NC(=O)CCCCc2nc3ccccc3s2)CC1. The van der Waals surface area contributed by atoms with Crippen LogP contribution in [-0.2, 0) is 11.2 Å². The van der Waals surface area contributed by atoms with Crippen molar-refractivity contribution in [2.24, 2.45) is 5.73 Å². The molecular formula is C18H27Cl2N3OS. The fourth-order valence-electron chi connectivity index (χ4n) is 3.15. The van der Waals surface area contributed by atoms with E-state index in [0.717, 1.165) is 50.5 Å². The number of nitrogens with two attached hydrogens (primary N) is 1. The molecule has 3 rings (SSSR count). The van der Waals surface area contributed by atoms with Crippen LogP contribution in [0.2, 0.25) is 0 Å². The molecule has 1 aromatic carbocycles. The number of fused-ring (bicyclic) bond motifs is 1. The Balaban J connectivity index is 0.00000156. The zero-order chi connectivity index (χ0) is 16.1. The van der Waals surface area contributed by atoms with Crippen LogP contribution in [0.15, 0.2) is 24.3 Å². The van der Waals surface area contributed by atoms with Crippen molar-refractivity contribution in [2.45, 2.75) is 63.5 Å². The molecule has 0 unspecified atom stereocenters. The van der Waals surface area contributed by atoms with Crippen molar-refractivity contribution in [3.8, 4) is 0 Å². The second kappa shape index (κ2) is 11.0. The lowest BCUT2D eigenvalue weighted by Crippen LogP contribution is -2.40. The number of thiazole rings is 1. The lowest BCUT2D eigenvalue weighted by molar-refractivity contribution is -0.122. The van der Waals surface area contributed by atoms with Crippen LogP contribution < -0.4 is 11.1 Å². The number of halogens is 2. The van der Waals surface area contributed by atoms with Gasteiger partial charge >= 0.3 is 0 Å². The molecule has 2 aromatic rings. The van der Waals surface area contributed by atoms with Gasteiger partial charge in [0.1, 0.15) is 0 Å². The maximum Gasteiger partial charge on any atom is 0.220 e. The average Bonchev–Trinajstić information content (AvgIpc) is 2.96. The van der Waals surface area contributed by atoms with E-state index in [-0.39, 0.29) is 30.7 Å². The quantitative estimate of drug-likeness (QED) is 0.708. The minimum Gasteiger partial charge on any atom is -0.353 e. The van der Waals surface area contributed by atoms with Crippen molar-refractivity contribution in [3.05, 3.63) is 29.3 Å². The van der Waals surface area contributed by atoms with Gasteiger partial charge in [-0.3, -0.25) is 4.79 Å². The molecule has 0 bridgehead atoms. The third-order valence-electron chi connectivity index (χ3n) is 4.52. The summed E-state index contributed by atoms with van der Waals surface area (Å²) in [7, 11) is 0. The second-order valence-corrected chi connectivity index (χ2v) is 7.58. The smallest absolute Gasteiger partial charge is 0.220 e. The van der Waals surface area contributed by atoms with E-state index in [1.165, 1.54) is 9.71 Å². The van der Waals surface area contributed by atoms with Crippen LogP contribution in [-0.4, -0.2) is 23.0 Å². The van der Waals surface area contributed by atoms with Crippen LogP contribution in [0.1, 0.15) is 50.0 Å². The summed E-state index contributed by atoms with van der Waals surface area (Å²) in [5, 5.41) is 4.33. The van der Waals surface area contributed by atoms with Gasteiger partial charge in [0.05, 0.1) is 15.2 Å². The summed E-state index contributed by atoms with van der Waals surface area (Å²) in [6.45, 7) is 0. The van der Waals surface area contributed by atoms with E-state index in [0.29, 0.717) is 18.5 Å². The van der Waals surface area contributed by atoms with Gasteiger partial charge in [0.2, 0.25) is 5.91 Å². The van der Waals surface area contributed by atoms with Crippen LogP contribution in [0.5, 0.6) is 0 Å². The van der Waals surface area contributed by atoms with E-state index < -0.39 is 0 Å². The number of aryl methyl sites for hydroxylation is 1. The first-order valence-corrected chi connectivity index (χ1v) is 9.42. The molecule has 4 nitrogen and oxygen atoms in total. The molecule has 25 heavy (non-hydrogen) atoms. The molecule has 0 atom stereocenters. The molecular weight excluding hydrogens is 377 g/mol. The number of nitrogens with zero attached hydrogens (tertiary/aromatic N) is 1. The monoisotopic (exact) mass is 403 g/mol. The first kappa shape index (κ1) is 22.2. The predicted molar refractivity (Wildman–Crippen MR) is 110 cm³/mol. The molecule has 1 amide bonds. The summed E-state index contributed by atoms with van der Waals surface area (Å²) in [6.07, 6.45) is 7.64. The summed E-state index contributed by atoms with van der Waals surface area (Å²) in [4.78, 5) is 16.6. The number of carbonyl (C=O) groups is 1. The van der Waals surface area contributed by atoms with E-state index in [1.54, 1.807) is 11.3 Å². The van der Waals surface area contributed by atoms with Gasteiger partial charge in [-0.15, -0.1) is 36.2 Å². The van der Waals surface area contributed by atoms with E-state index in [9.17, 15) is 4.79 Å². The number of unbranched alkanes of at least 4 members (excludes halogenated alkanes) is 1. The Labute approximate surface area is 165 Å². The molecule has 1 saturated carbocycles. The zero-order valence-electron chi connectivity index (χ0n) is 14.3. The number of amides is 1. The lowest BCUT2D eigenvalue weighted by Gasteiger charge is -2.26. The van der Waals surface area contributed by atoms with Gasteiger partial charge in [-0.05, 0) is 57.1 Å². The van der Waals surface area contributed by atoms with Gasteiger partial charge in [-0.2, -0.15) is 0 Å². The van der Waals surface area contributed by atoms with E-state index in [2.05, 4.69) is 22.4 Å². The fraction of sp³-hybridized carbons (Fsp3) is 0.556. The minimum atomic E-state index is 0. The first-order valence-electron chi connectivity index (χ1n) is 8.60. The summed E-state index contributed by atoms with van der Waals surface area (Å²) in [6, 6.07) is 8.91. The molecule has 1 heterocycles. The zero-order valence-corrected chi connectivity index (χ0v) is 16.7. The summed E-state index contributed by atoms with van der Waals surface area (Å²) in [5.41, 5.74) is 6.98. The lowest BCUT2D eigenvalue weighted by atomic mass is 9.92. The fourth-order valence-corrected chi connectivity index (χ4v) is 4.16. The molecule has 1 aliphatic carbocycles. The molecule has 1 aliphatic rings. The van der Waals surface area contributed by atoms with Gasteiger partial charge in [0, 0.05) is 18.5 Å². The summed E-state index contributed by atoms with van der Waals surface area (Å²) < 4.78 is 1.25. The normalized spacial score (nSPS) is 19.7. The molecule has 1 fully saturated rings. The maximum atomic E-state index is 12.0. The highest BCUT2D eigenvalue weighted by Gasteiger charge is 2.19. The Morgan fingerprint density at radius 3 is 2.60 bits per heavy atom. The number of aromatic nitrogens is 1. The maximum absolute atomic E-state index is 12.0. The van der Waals surface area contributed by atoms with Crippen LogP contribution >= 0.6 is 36.2 Å². The van der Waals surface area contributed by atoms with Gasteiger partial charge in [0.25, 0.3) is 0 Å². The Morgan fingerprint density at radius 1 is 1.16 bits per heavy atom. The standard InChI is InChI=1S/C18H25N3OS.2ClH/c19-13-9-11-14(12-10-13)20-17(22)7-3-4-8-18-21-15-5-1-2-6-16(15)23-18;;/h1-2,5-6,13-14H,3-4,7-12,19H2,(H,20,22);2*1H. The highest BCUT2D eigenvalue weighted by Crippen LogP contribution is 2.23. The topological polar surface area (TPSA) is 68.0 Å². The van der Waals surface area contributed by atoms with Gasteiger partial charge in [-0.1, -0.05) is 12.1 Å². The summed E-state index contributed by atoms with van der Waals surface area (Å²) in [5.74, 6) is 0.190. The van der Waals surface area contributed by atoms with Gasteiger partial charge in [-0.25, -0.2) is 4.98 Å². The second-order valence-electron chi connectivity index (χ2n) is 6.46. The number of benzene rings is 1. The molecule has 140 valence electrons. The molecule has 7 heteroatoms. The molecule has 0 spiro atoms. The van der Waals surface area contributed by atoms with Crippen LogP contribution in [0, 0.1) is 0 Å². The molecule has 0 radical (unpaired) electrons. The van der Waals surface area contributed by atoms with Crippen LogP contribution in [0.25, 0.3) is 10.2 Å². The van der Waals surface area contributed by atoms with Crippen molar-refractivity contribution in [3.63, 3.8) is 0 Å². The third-order valence-corrected chi connectivity index (χ3v) is 5.62. The van der Waals surface area contributed by atoms with Crippen molar-refractivity contribution in [2.75, 3.05) is 0 Å². The third kappa shape index (κ3) is 6.74. The molecule has 0 aliphatic heterocycles. The Hall–Kier alpha value is -0.880. The van der Waals surface area contributed by atoms with Crippen molar-refractivity contribution in [1.29, 1.82) is 0 Å². The number of rotatable bonds is 6. The van der Waals surface area contributed by atoms with Gasteiger partial charge < -0.3 is 11.1 Å². The number of nitrogens with one attached hydrogen (secondary N) is 1. The Kier molecular flexibility index (Phi) is 9.72. The van der Waals surface area contributed by atoms with Crippen molar-refractivity contribution >= 4 is 52.3 Å². The van der Waals surface area contributed by atoms with Crippen molar-refractivity contribution < 1.29 is 4.79 Å².